The normalized spacial score (nSPS) is 19.6. The van der Waals surface area contributed by atoms with E-state index in [1.54, 1.807) is 29.9 Å². The highest BCUT2D eigenvalue weighted by Crippen LogP contribution is 2.39. The first kappa shape index (κ1) is 25.2. The number of ether oxygens (including phenoxy) is 3. The minimum absolute atomic E-state index is 0.0665. The van der Waals surface area contributed by atoms with Crippen molar-refractivity contribution in [3.05, 3.63) is 41.4 Å². The fraction of sp³-hybridized carbons (Fsp3) is 0.476. The number of sulfonamides is 1. The number of hydrogen-bond acceptors (Lipinski definition) is 10. The number of hydrogen-bond donors (Lipinski definition) is 1. The summed E-state index contributed by atoms with van der Waals surface area (Å²) in [5, 5.41) is 7.67. The van der Waals surface area contributed by atoms with Crippen molar-refractivity contribution in [1.29, 1.82) is 0 Å². The molecule has 188 valence electrons. The molecule has 1 aliphatic rings. The Hall–Kier alpha value is -2.87. The van der Waals surface area contributed by atoms with Gasteiger partial charge in [0.2, 0.25) is 21.9 Å². The van der Waals surface area contributed by atoms with E-state index in [-0.39, 0.29) is 23.9 Å². The zero-order valence-corrected chi connectivity index (χ0v) is 21.2. The first-order valence-corrected chi connectivity index (χ1v) is 12.7. The van der Waals surface area contributed by atoms with E-state index < -0.39 is 21.4 Å². The van der Waals surface area contributed by atoms with Crippen LogP contribution in [0.15, 0.2) is 30.6 Å². The van der Waals surface area contributed by atoms with E-state index in [1.807, 2.05) is 0 Å². The summed E-state index contributed by atoms with van der Waals surface area (Å²) in [7, 11) is 0.543. The molecule has 3 aromatic rings. The van der Waals surface area contributed by atoms with Crippen molar-refractivity contribution in [3.63, 3.8) is 0 Å². The molecule has 35 heavy (non-hydrogen) atoms. The van der Waals surface area contributed by atoms with E-state index >= 15 is 0 Å². The predicted octanol–water partition coefficient (Wildman–Crippen LogP) is 2.66. The van der Waals surface area contributed by atoms with Crippen molar-refractivity contribution >= 4 is 27.6 Å². The summed E-state index contributed by atoms with van der Waals surface area (Å²) in [4.78, 5) is 12.7. The van der Waals surface area contributed by atoms with Gasteiger partial charge >= 0.3 is 0 Å². The van der Waals surface area contributed by atoms with Gasteiger partial charge in [0, 0.05) is 38.7 Å². The van der Waals surface area contributed by atoms with Crippen LogP contribution in [0.3, 0.4) is 0 Å². The van der Waals surface area contributed by atoms with Gasteiger partial charge in [-0.15, -0.1) is 10.2 Å². The Morgan fingerprint density at radius 3 is 2.49 bits per heavy atom. The van der Waals surface area contributed by atoms with E-state index in [0.29, 0.717) is 35.3 Å². The largest absolute Gasteiger partial charge is 0.481 e. The first-order chi connectivity index (χ1) is 16.8. The molecule has 3 heterocycles. The number of methoxy groups -OCH3 is 3. The van der Waals surface area contributed by atoms with E-state index in [2.05, 4.69) is 29.9 Å². The molecule has 0 radical (unpaired) electrons. The van der Waals surface area contributed by atoms with Gasteiger partial charge in [-0.3, -0.25) is 9.29 Å². The van der Waals surface area contributed by atoms with Gasteiger partial charge in [0.15, 0.2) is 11.6 Å². The number of halogens is 1. The van der Waals surface area contributed by atoms with Crippen molar-refractivity contribution < 1.29 is 22.6 Å². The lowest BCUT2D eigenvalue weighted by molar-refractivity contribution is 0.00718. The van der Waals surface area contributed by atoms with E-state index in [0.717, 1.165) is 0 Å². The zero-order chi connectivity index (χ0) is 25.2. The molecule has 4 rings (SSSR count). The van der Waals surface area contributed by atoms with Crippen molar-refractivity contribution in [3.8, 4) is 17.4 Å². The van der Waals surface area contributed by atoms with Crippen LogP contribution in [0, 0.1) is 0 Å². The maximum atomic E-state index is 13.4. The third-order valence-corrected chi connectivity index (χ3v) is 7.81. The Morgan fingerprint density at radius 2 is 1.86 bits per heavy atom. The molecule has 14 heteroatoms. The van der Waals surface area contributed by atoms with Crippen molar-refractivity contribution in [1.82, 2.24) is 29.7 Å². The van der Waals surface area contributed by atoms with E-state index in [1.165, 1.54) is 33.5 Å². The van der Waals surface area contributed by atoms with E-state index in [9.17, 15) is 8.42 Å². The average Bonchev–Trinajstić information content (AvgIpc) is 3.22. The second-order valence-electron chi connectivity index (χ2n) is 8.03. The van der Waals surface area contributed by atoms with Gasteiger partial charge in [-0.2, -0.15) is 0 Å². The first-order valence-electron chi connectivity index (χ1n) is 10.8. The summed E-state index contributed by atoms with van der Waals surface area (Å²) >= 11 is 5.86. The fourth-order valence-corrected chi connectivity index (χ4v) is 5.07. The van der Waals surface area contributed by atoms with Crippen LogP contribution in [-0.2, 0) is 19.5 Å². The molecule has 1 saturated carbocycles. The minimum Gasteiger partial charge on any atom is -0.481 e. The van der Waals surface area contributed by atoms with Crippen LogP contribution >= 0.6 is 11.6 Å². The van der Waals surface area contributed by atoms with Gasteiger partial charge in [0.1, 0.15) is 17.0 Å². The molecule has 2 unspecified atom stereocenters. The summed E-state index contributed by atoms with van der Waals surface area (Å²) in [6.07, 6.45) is 3.24. The molecule has 0 bridgehead atoms. The maximum absolute atomic E-state index is 13.4. The Labute approximate surface area is 208 Å². The third kappa shape index (κ3) is 5.22. The minimum atomic E-state index is -4.01. The number of pyridine rings is 1. The number of anilines is 1. The zero-order valence-electron chi connectivity index (χ0n) is 19.6. The monoisotopic (exact) mass is 523 g/mol. The molecular formula is C21H26ClN7O5S. The molecule has 1 fully saturated rings. The third-order valence-electron chi connectivity index (χ3n) is 5.92. The maximum Gasteiger partial charge on any atom is 0.240 e. The molecular weight excluding hydrogens is 498 g/mol. The number of nitrogens with zero attached hydrogens (tertiary/aromatic N) is 6. The average molecular weight is 524 g/mol. The molecule has 0 saturated heterocycles. The SMILES string of the molecule is COc1cccc(-c2nnc(NS(=O)(=O)C(C)C(OC)c3ncc(Cl)cn3)n2C2CC(OC)C2)n1. The number of aromatic nitrogens is 6. The molecule has 3 aromatic heterocycles. The van der Waals surface area contributed by atoms with Crippen LogP contribution < -0.4 is 9.46 Å². The second kappa shape index (κ2) is 10.4. The fourth-order valence-electron chi connectivity index (χ4n) is 3.83. The van der Waals surface area contributed by atoms with Crippen LogP contribution in [0.5, 0.6) is 5.88 Å². The molecule has 12 nitrogen and oxygen atoms in total. The van der Waals surface area contributed by atoms with Crippen LogP contribution in [0.1, 0.15) is 37.7 Å². The van der Waals surface area contributed by atoms with Crippen LogP contribution in [0.4, 0.5) is 5.95 Å². The van der Waals surface area contributed by atoms with Gasteiger partial charge in [0.05, 0.1) is 18.2 Å². The molecule has 0 amide bonds. The predicted molar refractivity (Wildman–Crippen MR) is 128 cm³/mol. The second-order valence-corrected chi connectivity index (χ2v) is 10.5. The Kier molecular flexibility index (Phi) is 7.50. The Morgan fingerprint density at radius 1 is 1.14 bits per heavy atom. The van der Waals surface area contributed by atoms with Crippen molar-refractivity contribution in [2.45, 2.75) is 43.3 Å². The van der Waals surface area contributed by atoms with Crippen LogP contribution in [0.25, 0.3) is 11.5 Å². The van der Waals surface area contributed by atoms with Gasteiger partial charge in [0.25, 0.3) is 0 Å². The highest BCUT2D eigenvalue weighted by Gasteiger charge is 2.38. The highest BCUT2D eigenvalue weighted by molar-refractivity contribution is 7.93. The lowest BCUT2D eigenvalue weighted by Gasteiger charge is -2.36. The molecule has 0 spiro atoms. The summed E-state index contributed by atoms with van der Waals surface area (Å²) in [6, 6.07) is 5.17. The summed E-state index contributed by atoms with van der Waals surface area (Å²) in [5.74, 6) is 1.09. The van der Waals surface area contributed by atoms with Crippen LogP contribution in [0.2, 0.25) is 5.02 Å². The Balaban J connectivity index is 1.67. The van der Waals surface area contributed by atoms with Gasteiger partial charge in [-0.05, 0) is 25.8 Å². The van der Waals surface area contributed by atoms with E-state index in [4.69, 9.17) is 25.8 Å². The molecule has 0 aromatic carbocycles. The van der Waals surface area contributed by atoms with Gasteiger partial charge in [-0.25, -0.2) is 23.4 Å². The van der Waals surface area contributed by atoms with Crippen molar-refractivity contribution in [2.75, 3.05) is 26.1 Å². The topological polar surface area (TPSA) is 143 Å². The Bertz CT molecular complexity index is 1270. The van der Waals surface area contributed by atoms with Crippen molar-refractivity contribution in [2.24, 2.45) is 0 Å². The molecule has 2 atom stereocenters. The molecule has 0 aliphatic heterocycles. The summed E-state index contributed by atoms with van der Waals surface area (Å²) < 4.78 is 47.1. The highest BCUT2D eigenvalue weighted by atomic mass is 35.5. The van der Waals surface area contributed by atoms with Crippen LogP contribution in [-0.4, -0.2) is 70.8 Å². The quantitative estimate of drug-likeness (QED) is 0.421. The van der Waals surface area contributed by atoms with Gasteiger partial charge in [-0.1, -0.05) is 17.7 Å². The van der Waals surface area contributed by atoms with Gasteiger partial charge < -0.3 is 14.2 Å². The number of rotatable bonds is 10. The summed E-state index contributed by atoms with van der Waals surface area (Å²) in [5.41, 5.74) is 0.501. The summed E-state index contributed by atoms with van der Waals surface area (Å²) in [6.45, 7) is 1.50. The lowest BCUT2D eigenvalue weighted by atomic mass is 9.89. The molecule has 1 aliphatic carbocycles. The lowest BCUT2D eigenvalue weighted by Crippen LogP contribution is -2.36. The standard InChI is InChI=1S/C21H26ClN7O5S/c1-12(18(34-4)19-23-10-13(22)11-24-19)35(30,31)28-21-27-26-20(16-6-5-7-17(25-16)33-3)29(21)14-8-15(9-14)32-2/h5-7,10-12,14-15,18H,8-9H2,1-4H3,(H,27,28). The molecule has 1 N–H and O–H groups in total. The number of nitrogens with one attached hydrogen (secondary N) is 1. The smallest absolute Gasteiger partial charge is 0.240 e.